The zero-order valence-electron chi connectivity index (χ0n) is 31.6. The van der Waals surface area contributed by atoms with Crippen molar-refractivity contribution >= 4 is 5.91 Å². The number of hydrogen-bond acceptors (Lipinski definition) is 8. The Hall–Kier alpha value is -2.37. The highest BCUT2D eigenvalue weighted by molar-refractivity contribution is 5.76. The van der Waals surface area contributed by atoms with Crippen molar-refractivity contribution < 1.29 is 39.8 Å². The fraction of sp³-hybridized carbons (Fsp3) is 0.690. The molecule has 9 heteroatoms. The third-order valence-electron chi connectivity index (χ3n) is 8.74. The lowest BCUT2D eigenvalue weighted by molar-refractivity contribution is -0.302. The van der Waals surface area contributed by atoms with Crippen LogP contribution in [0.1, 0.15) is 129 Å². The van der Waals surface area contributed by atoms with E-state index in [0.717, 1.165) is 89.9 Å². The van der Waals surface area contributed by atoms with Crippen molar-refractivity contribution in [1.82, 2.24) is 5.32 Å². The van der Waals surface area contributed by atoms with Crippen LogP contribution in [-0.4, -0.2) is 87.5 Å². The van der Waals surface area contributed by atoms with Crippen LogP contribution in [0.3, 0.4) is 0 Å². The minimum atomic E-state index is -1.58. The number of aliphatic hydroxyl groups excluding tert-OH is 5. The summed E-state index contributed by atoms with van der Waals surface area (Å²) in [5, 5.41) is 53.9. The molecular weight excluding hydrogens is 646 g/mol. The highest BCUT2D eigenvalue weighted by Gasteiger charge is 2.44. The third kappa shape index (κ3) is 23.7. The highest BCUT2D eigenvalue weighted by atomic mass is 16.7. The first kappa shape index (κ1) is 46.7. The van der Waals surface area contributed by atoms with Gasteiger partial charge in [-0.2, -0.15) is 0 Å². The van der Waals surface area contributed by atoms with Crippen molar-refractivity contribution in [2.24, 2.45) is 0 Å². The summed E-state index contributed by atoms with van der Waals surface area (Å²) in [4.78, 5) is 12.9. The molecule has 7 atom stereocenters. The molecule has 9 nitrogen and oxygen atoms in total. The molecule has 1 heterocycles. The number of amides is 1. The molecule has 1 fully saturated rings. The number of nitrogens with one attached hydrogen (secondary N) is 1. The van der Waals surface area contributed by atoms with E-state index in [9.17, 15) is 30.3 Å². The number of aliphatic hydroxyl groups is 5. The molecule has 1 amide bonds. The Morgan fingerprint density at radius 1 is 0.686 bits per heavy atom. The van der Waals surface area contributed by atoms with Crippen LogP contribution in [0.2, 0.25) is 0 Å². The molecule has 6 N–H and O–H groups in total. The second-order valence-electron chi connectivity index (χ2n) is 13.3. The predicted octanol–water partition coefficient (Wildman–Crippen LogP) is 7.05. The number of rotatable bonds is 30. The van der Waals surface area contributed by atoms with Gasteiger partial charge in [0.15, 0.2) is 6.29 Å². The molecule has 1 rings (SSSR count). The molecule has 0 aromatic carbocycles. The summed E-state index contributed by atoms with van der Waals surface area (Å²) in [5.41, 5.74) is 0. The van der Waals surface area contributed by atoms with E-state index in [1.807, 2.05) is 6.08 Å². The van der Waals surface area contributed by atoms with Crippen LogP contribution in [0.15, 0.2) is 72.9 Å². The molecule has 1 saturated heterocycles. The van der Waals surface area contributed by atoms with Gasteiger partial charge < -0.3 is 40.3 Å². The van der Waals surface area contributed by atoms with E-state index in [1.54, 1.807) is 6.08 Å². The Bertz CT molecular complexity index is 1020. The van der Waals surface area contributed by atoms with Crippen LogP contribution >= 0.6 is 0 Å². The van der Waals surface area contributed by atoms with Crippen molar-refractivity contribution in [3.63, 3.8) is 0 Å². The molecule has 292 valence electrons. The second-order valence-corrected chi connectivity index (χ2v) is 13.3. The molecule has 0 radical (unpaired) electrons. The van der Waals surface area contributed by atoms with Crippen molar-refractivity contribution in [1.29, 1.82) is 0 Å². The van der Waals surface area contributed by atoms with E-state index in [0.29, 0.717) is 6.42 Å². The van der Waals surface area contributed by atoms with E-state index < -0.39 is 49.5 Å². The SMILES string of the molecule is CC/C=C\C/C=C\C/C=C\CCCCCCCC(=O)NC(COC1OC(CO)C(O)C(O)C1O)C(O)/C=C/CC/C=C/CC/C=C/CCCCC. The number of allylic oxidation sites excluding steroid dienone is 11. The lowest BCUT2D eigenvalue weighted by Crippen LogP contribution is -2.60. The van der Waals surface area contributed by atoms with Gasteiger partial charge in [-0.3, -0.25) is 4.79 Å². The number of hydrogen-bond donors (Lipinski definition) is 6. The molecule has 7 unspecified atom stereocenters. The predicted molar refractivity (Wildman–Crippen MR) is 207 cm³/mol. The number of carbonyl (C=O) groups is 1. The third-order valence-corrected chi connectivity index (χ3v) is 8.74. The quantitative estimate of drug-likeness (QED) is 0.0342. The van der Waals surface area contributed by atoms with Gasteiger partial charge in [0.05, 0.1) is 25.4 Å². The van der Waals surface area contributed by atoms with Crippen LogP contribution in [0.4, 0.5) is 0 Å². The topological polar surface area (TPSA) is 149 Å². The lowest BCUT2D eigenvalue weighted by atomic mass is 9.99. The summed E-state index contributed by atoms with van der Waals surface area (Å²) in [6.45, 7) is 3.55. The Balaban J connectivity index is 2.50. The average Bonchev–Trinajstić information content (AvgIpc) is 3.13. The summed E-state index contributed by atoms with van der Waals surface area (Å²) < 4.78 is 11.1. The first-order chi connectivity index (χ1) is 24.8. The van der Waals surface area contributed by atoms with Gasteiger partial charge in [-0.15, -0.1) is 0 Å². The summed E-state index contributed by atoms with van der Waals surface area (Å²) in [7, 11) is 0. The number of ether oxygens (including phenoxy) is 2. The fourth-order valence-corrected chi connectivity index (χ4v) is 5.55. The Kier molecular flexibility index (Phi) is 29.5. The van der Waals surface area contributed by atoms with Crippen molar-refractivity contribution in [3.8, 4) is 0 Å². The monoisotopic (exact) mass is 718 g/mol. The Labute approximate surface area is 308 Å². The van der Waals surface area contributed by atoms with Crippen LogP contribution in [0, 0.1) is 0 Å². The first-order valence-corrected chi connectivity index (χ1v) is 19.7. The summed E-state index contributed by atoms with van der Waals surface area (Å²) in [6, 6.07) is -0.838. The van der Waals surface area contributed by atoms with Crippen molar-refractivity contribution in [2.75, 3.05) is 13.2 Å². The van der Waals surface area contributed by atoms with Gasteiger partial charge in [0, 0.05) is 6.42 Å². The van der Waals surface area contributed by atoms with Gasteiger partial charge >= 0.3 is 0 Å². The smallest absolute Gasteiger partial charge is 0.220 e. The average molecular weight is 718 g/mol. The van der Waals surface area contributed by atoms with Gasteiger partial charge in [0.2, 0.25) is 5.91 Å². The lowest BCUT2D eigenvalue weighted by Gasteiger charge is -2.40. The van der Waals surface area contributed by atoms with Gasteiger partial charge in [0.1, 0.15) is 24.4 Å². The molecule has 0 aliphatic carbocycles. The Morgan fingerprint density at radius 3 is 1.88 bits per heavy atom. The molecule has 51 heavy (non-hydrogen) atoms. The molecule has 0 spiro atoms. The number of unbranched alkanes of at least 4 members (excludes halogenated alkanes) is 10. The standard InChI is InChI=1S/C42H71NO8/c1-3-5-7-9-11-13-15-17-18-20-22-24-26-28-30-32-38(46)43-35(34-50-42-41(49)40(48)39(47)37(33-44)51-42)36(45)31-29-27-25-23-21-19-16-14-12-10-8-6-4-2/h5,7,11-14,17-18,21,23,29,31,35-37,39-42,44-45,47-49H,3-4,6,8-10,15-16,19-20,22,24-28,30,32-34H2,1-2H3,(H,43,46)/b7-5-,13-11-,14-12+,18-17-,23-21+,31-29+. The largest absolute Gasteiger partial charge is 0.394 e. The van der Waals surface area contributed by atoms with Crippen molar-refractivity contribution in [3.05, 3.63) is 72.9 Å². The van der Waals surface area contributed by atoms with Crippen molar-refractivity contribution in [2.45, 2.75) is 172 Å². The van der Waals surface area contributed by atoms with Crippen LogP contribution in [-0.2, 0) is 14.3 Å². The van der Waals surface area contributed by atoms with Gasteiger partial charge in [-0.05, 0) is 77.0 Å². The molecule has 0 aromatic rings. The van der Waals surface area contributed by atoms with Crippen LogP contribution < -0.4 is 5.32 Å². The molecular formula is C42H71NO8. The van der Waals surface area contributed by atoms with Crippen LogP contribution in [0.25, 0.3) is 0 Å². The van der Waals surface area contributed by atoms with E-state index in [1.165, 1.54) is 19.3 Å². The van der Waals surface area contributed by atoms with E-state index in [4.69, 9.17) is 9.47 Å². The molecule has 0 saturated carbocycles. The van der Waals surface area contributed by atoms with Gasteiger partial charge in [0.25, 0.3) is 0 Å². The maximum absolute atomic E-state index is 12.9. The normalized spacial score (nSPS) is 22.8. The fourth-order valence-electron chi connectivity index (χ4n) is 5.55. The highest BCUT2D eigenvalue weighted by Crippen LogP contribution is 2.22. The zero-order valence-corrected chi connectivity index (χ0v) is 31.6. The Morgan fingerprint density at radius 2 is 1.24 bits per heavy atom. The molecule has 1 aliphatic rings. The number of carbonyl (C=O) groups excluding carboxylic acids is 1. The van der Waals surface area contributed by atoms with Crippen LogP contribution in [0.5, 0.6) is 0 Å². The summed E-state index contributed by atoms with van der Waals surface area (Å²) >= 11 is 0. The first-order valence-electron chi connectivity index (χ1n) is 19.7. The maximum atomic E-state index is 12.9. The maximum Gasteiger partial charge on any atom is 0.220 e. The van der Waals surface area contributed by atoms with E-state index >= 15 is 0 Å². The minimum absolute atomic E-state index is 0.214. The molecule has 1 aliphatic heterocycles. The second kappa shape index (κ2) is 32.3. The van der Waals surface area contributed by atoms with Gasteiger partial charge in [-0.25, -0.2) is 0 Å². The molecule has 0 aromatic heterocycles. The molecule has 0 bridgehead atoms. The summed E-state index contributed by atoms with van der Waals surface area (Å²) in [6.07, 6.45) is 35.1. The minimum Gasteiger partial charge on any atom is -0.394 e. The van der Waals surface area contributed by atoms with E-state index in [2.05, 4.69) is 79.9 Å². The van der Waals surface area contributed by atoms with E-state index in [-0.39, 0.29) is 12.5 Å². The zero-order chi connectivity index (χ0) is 37.4. The van der Waals surface area contributed by atoms with Gasteiger partial charge in [-0.1, -0.05) is 119 Å². The summed E-state index contributed by atoms with van der Waals surface area (Å²) in [5.74, 6) is -0.214.